The lowest BCUT2D eigenvalue weighted by Gasteiger charge is -2.28. The van der Waals surface area contributed by atoms with Crippen LogP contribution in [0.25, 0.3) is 10.9 Å². The first-order chi connectivity index (χ1) is 13.5. The smallest absolute Gasteiger partial charge is 0.253 e. The van der Waals surface area contributed by atoms with Crippen molar-refractivity contribution >= 4 is 28.2 Å². The molecule has 1 fully saturated rings. The van der Waals surface area contributed by atoms with Gasteiger partial charge < -0.3 is 29.4 Å². The lowest BCUT2D eigenvalue weighted by atomic mass is 10.1. The van der Waals surface area contributed by atoms with Crippen molar-refractivity contribution in [3.63, 3.8) is 0 Å². The van der Waals surface area contributed by atoms with Crippen molar-refractivity contribution in [3.05, 3.63) is 34.1 Å². The van der Waals surface area contributed by atoms with Gasteiger partial charge >= 0.3 is 0 Å². The molecule has 1 aromatic carbocycles. The zero-order valence-electron chi connectivity index (χ0n) is 16.5. The minimum atomic E-state index is -0.142. The van der Waals surface area contributed by atoms with Crippen LogP contribution in [0.5, 0.6) is 11.5 Å². The standard InChI is InChI=1S/C20H27N3O4S/c1-4-21-20(28)23(12-15-6-5-7-27-15)11-14-8-13-9-17(25-2)18(26-3)10-16(13)22-19(14)24/h8-10,15H,4-7,11-12H2,1-3H3,(H,21,28)(H,22,24)/t15-/m1/s1. The number of aromatic nitrogens is 1. The van der Waals surface area contributed by atoms with E-state index in [0.29, 0.717) is 40.8 Å². The quantitative estimate of drug-likeness (QED) is 0.685. The van der Waals surface area contributed by atoms with Gasteiger partial charge in [0.05, 0.1) is 32.4 Å². The van der Waals surface area contributed by atoms with Crippen LogP contribution in [0.15, 0.2) is 23.0 Å². The highest BCUT2D eigenvalue weighted by Crippen LogP contribution is 2.31. The molecule has 0 saturated carbocycles. The van der Waals surface area contributed by atoms with Gasteiger partial charge in [-0.1, -0.05) is 0 Å². The van der Waals surface area contributed by atoms with Crippen molar-refractivity contribution in [1.82, 2.24) is 15.2 Å². The van der Waals surface area contributed by atoms with E-state index in [4.69, 9.17) is 26.4 Å². The molecule has 1 atom stereocenters. The lowest BCUT2D eigenvalue weighted by Crippen LogP contribution is -2.43. The van der Waals surface area contributed by atoms with Crippen molar-refractivity contribution in [3.8, 4) is 11.5 Å². The number of H-pyrrole nitrogens is 1. The van der Waals surface area contributed by atoms with Crippen molar-refractivity contribution in [2.24, 2.45) is 0 Å². The summed E-state index contributed by atoms with van der Waals surface area (Å²) in [7, 11) is 3.16. The second-order valence-corrected chi connectivity index (χ2v) is 7.16. The fraction of sp³-hybridized carbons (Fsp3) is 0.500. The van der Waals surface area contributed by atoms with E-state index < -0.39 is 0 Å². The van der Waals surface area contributed by atoms with Gasteiger partial charge in [0, 0.05) is 36.7 Å². The topological polar surface area (TPSA) is 75.8 Å². The Kier molecular flexibility index (Phi) is 6.74. The van der Waals surface area contributed by atoms with Gasteiger partial charge in [-0.15, -0.1) is 0 Å². The number of aromatic amines is 1. The van der Waals surface area contributed by atoms with Crippen LogP contribution in [0.2, 0.25) is 0 Å². The van der Waals surface area contributed by atoms with Gasteiger partial charge in [0.2, 0.25) is 0 Å². The normalized spacial score (nSPS) is 16.2. The van der Waals surface area contributed by atoms with Crippen LogP contribution in [0, 0.1) is 0 Å². The molecule has 0 unspecified atom stereocenters. The van der Waals surface area contributed by atoms with Crippen LogP contribution < -0.4 is 20.3 Å². The fourth-order valence-corrected chi connectivity index (χ4v) is 3.70. The highest BCUT2D eigenvalue weighted by molar-refractivity contribution is 7.80. The van der Waals surface area contributed by atoms with Crippen LogP contribution in [0.4, 0.5) is 0 Å². The highest BCUT2D eigenvalue weighted by atomic mass is 32.1. The number of fused-ring (bicyclic) bond motifs is 1. The molecule has 2 N–H and O–H groups in total. The minimum Gasteiger partial charge on any atom is -0.493 e. The second-order valence-electron chi connectivity index (χ2n) is 6.77. The average Bonchev–Trinajstić information content (AvgIpc) is 3.20. The van der Waals surface area contributed by atoms with Crippen LogP contribution in [-0.2, 0) is 11.3 Å². The molecule has 1 aliphatic heterocycles. The Morgan fingerprint density at radius 3 is 2.71 bits per heavy atom. The second kappa shape index (κ2) is 9.25. The first kappa shape index (κ1) is 20.4. The van der Waals surface area contributed by atoms with Crippen molar-refractivity contribution in [2.45, 2.75) is 32.4 Å². The number of benzene rings is 1. The molecule has 2 heterocycles. The summed E-state index contributed by atoms with van der Waals surface area (Å²) >= 11 is 5.53. The Morgan fingerprint density at radius 1 is 1.32 bits per heavy atom. The average molecular weight is 406 g/mol. The number of thiocarbonyl (C=S) groups is 1. The van der Waals surface area contributed by atoms with Gasteiger partial charge in [0.15, 0.2) is 16.6 Å². The maximum Gasteiger partial charge on any atom is 0.253 e. The maximum atomic E-state index is 12.7. The van der Waals surface area contributed by atoms with Crippen LogP contribution >= 0.6 is 12.2 Å². The molecule has 0 radical (unpaired) electrons. The molecule has 7 nitrogen and oxygen atoms in total. The molecule has 0 spiro atoms. The molecule has 1 aliphatic rings. The molecule has 0 aliphatic carbocycles. The van der Waals surface area contributed by atoms with Gasteiger partial charge in [0.25, 0.3) is 5.56 Å². The Bertz CT molecular complexity index is 893. The first-order valence-electron chi connectivity index (χ1n) is 9.48. The summed E-state index contributed by atoms with van der Waals surface area (Å²) in [4.78, 5) is 17.6. The third-order valence-corrected chi connectivity index (χ3v) is 5.25. The van der Waals surface area contributed by atoms with E-state index >= 15 is 0 Å². The lowest BCUT2D eigenvalue weighted by molar-refractivity contribution is 0.0897. The summed E-state index contributed by atoms with van der Waals surface area (Å²) < 4.78 is 16.5. The van der Waals surface area contributed by atoms with Gasteiger partial charge in [-0.25, -0.2) is 0 Å². The number of nitrogens with zero attached hydrogens (tertiary/aromatic N) is 1. The van der Waals surface area contributed by atoms with Gasteiger partial charge in [0.1, 0.15) is 0 Å². The zero-order valence-corrected chi connectivity index (χ0v) is 17.4. The largest absolute Gasteiger partial charge is 0.493 e. The SMILES string of the molecule is CCNC(=S)N(Cc1cc2cc(OC)c(OC)cc2[nH]c1=O)C[C@H]1CCCO1. The number of methoxy groups -OCH3 is 2. The fourth-order valence-electron chi connectivity index (χ4n) is 3.42. The van der Waals surface area contributed by atoms with E-state index in [0.717, 1.165) is 31.4 Å². The predicted molar refractivity (Wildman–Crippen MR) is 113 cm³/mol. The van der Waals surface area contributed by atoms with E-state index in [1.807, 2.05) is 24.0 Å². The molecule has 0 bridgehead atoms. The number of nitrogens with one attached hydrogen (secondary N) is 2. The molecular weight excluding hydrogens is 378 g/mol. The summed E-state index contributed by atoms with van der Waals surface area (Å²) in [5.41, 5.74) is 1.20. The number of pyridine rings is 1. The summed E-state index contributed by atoms with van der Waals surface area (Å²) in [5.74, 6) is 1.19. The summed E-state index contributed by atoms with van der Waals surface area (Å²) in [6, 6.07) is 5.51. The number of hydrogen-bond acceptors (Lipinski definition) is 5. The molecule has 152 valence electrons. The molecule has 1 saturated heterocycles. The summed E-state index contributed by atoms with van der Waals surface area (Å²) in [6.45, 7) is 4.58. The van der Waals surface area contributed by atoms with Gasteiger partial charge in [-0.2, -0.15) is 0 Å². The Balaban J connectivity index is 1.91. The number of hydrogen-bond donors (Lipinski definition) is 2. The first-order valence-corrected chi connectivity index (χ1v) is 9.88. The van der Waals surface area contributed by atoms with E-state index in [9.17, 15) is 4.79 Å². The number of ether oxygens (including phenoxy) is 3. The molecular formula is C20H27N3O4S. The third-order valence-electron chi connectivity index (χ3n) is 4.85. The van der Waals surface area contributed by atoms with E-state index in [2.05, 4.69) is 10.3 Å². The third kappa shape index (κ3) is 4.56. The Labute approximate surface area is 170 Å². The maximum absolute atomic E-state index is 12.7. The van der Waals surface area contributed by atoms with Gasteiger partial charge in [-0.05, 0) is 44.1 Å². The van der Waals surface area contributed by atoms with E-state index in [1.54, 1.807) is 20.3 Å². The van der Waals surface area contributed by atoms with Crippen molar-refractivity contribution in [1.29, 1.82) is 0 Å². The van der Waals surface area contributed by atoms with Crippen LogP contribution in [-0.4, -0.2) is 55.0 Å². The summed E-state index contributed by atoms with van der Waals surface area (Å²) in [6.07, 6.45) is 2.21. The molecule has 8 heteroatoms. The van der Waals surface area contributed by atoms with E-state index in [1.165, 1.54) is 0 Å². The Morgan fingerprint density at radius 2 is 2.07 bits per heavy atom. The molecule has 0 amide bonds. The minimum absolute atomic E-state index is 0.139. The van der Waals surface area contributed by atoms with E-state index in [-0.39, 0.29) is 11.7 Å². The predicted octanol–water partition coefficient (Wildman–Crippen LogP) is 2.42. The number of rotatable bonds is 7. The molecule has 28 heavy (non-hydrogen) atoms. The van der Waals surface area contributed by atoms with Crippen molar-refractivity contribution in [2.75, 3.05) is 33.9 Å². The van der Waals surface area contributed by atoms with Crippen LogP contribution in [0.3, 0.4) is 0 Å². The summed E-state index contributed by atoms with van der Waals surface area (Å²) in [5, 5.41) is 4.69. The monoisotopic (exact) mass is 405 g/mol. The molecule has 1 aromatic heterocycles. The van der Waals surface area contributed by atoms with Crippen LogP contribution in [0.1, 0.15) is 25.3 Å². The molecule has 2 aromatic rings. The molecule has 3 rings (SSSR count). The zero-order chi connectivity index (χ0) is 20.1. The van der Waals surface area contributed by atoms with Crippen molar-refractivity contribution < 1.29 is 14.2 Å². The van der Waals surface area contributed by atoms with Gasteiger partial charge in [-0.3, -0.25) is 4.79 Å². The highest BCUT2D eigenvalue weighted by Gasteiger charge is 2.22. The Hall–Kier alpha value is -2.32.